The molecule has 0 aliphatic rings. The molecule has 5 nitrogen and oxygen atoms in total. The number of amides is 1. The molecule has 0 aliphatic heterocycles. The normalized spacial score (nSPS) is 11.8. The van der Waals surface area contributed by atoms with Crippen molar-refractivity contribution in [2.24, 2.45) is 0 Å². The molecule has 0 aliphatic carbocycles. The maximum atomic E-state index is 12.7. The minimum absolute atomic E-state index is 0.262. The predicted molar refractivity (Wildman–Crippen MR) is 104 cm³/mol. The Hall–Kier alpha value is -2.73. The number of ether oxygens (including phenoxy) is 1. The molecular weight excluding hydrogens is 346 g/mol. The van der Waals surface area contributed by atoms with Crippen molar-refractivity contribution in [2.45, 2.75) is 32.6 Å². The first-order chi connectivity index (χ1) is 12.7. The number of rotatable bonds is 7. The first-order valence-electron chi connectivity index (χ1n) is 8.64. The zero-order valence-corrected chi connectivity index (χ0v) is 15.6. The molecule has 1 aromatic heterocycles. The smallest absolute Gasteiger partial charge is 0.261 e. The quantitative estimate of drug-likeness (QED) is 0.600. The van der Waals surface area contributed by atoms with E-state index in [1.54, 1.807) is 12.1 Å². The number of aromatic nitrogens is 2. The lowest BCUT2D eigenvalue weighted by molar-refractivity contribution is 0.102. The van der Waals surface area contributed by atoms with Crippen LogP contribution in [0, 0.1) is 0 Å². The molecule has 0 bridgehead atoms. The van der Waals surface area contributed by atoms with Crippen molar-refractivity contribution >= 4 is 22.4 Å². The minimum Gasteiger partial charge on any atom is -0.457 e. The largest absolute Gasteiger partial charge is 0.457 e. The summed E-state index contributed by atoms with van der Waals surface area (Å²) in [6, 6.07) is 16.5. The average Bonchev–Trinajstić information content (AvgIpc) is 3.12. The predicted octanol–water partition coefficient (Wildman–Crippen LogP) is 5.49. The van der Waals surface area contributed by atoms with E-state index in [9.17, 15) is 4.79 Å². The molecule has 2 aromatic carbocycles. The van der Waals surface area contributed by atoms with Crippen LogP contribution < -0.4 is 10.1 Å². The molecular formula is C20H21N3O2S. The summed E-state index contributed by atoms with van der Waals surface area (Å²) >= 11 is 1.42. The van der Waals surface area contributed by atoms with Gasteiger partial charge in [0.25, 0.3) is 5.91 Å². The molecule has 134 valence electrons. The molecule has 26 heavy (non-hydrogen) atoms. The Balaban J connectivity index is 1.74. The number of carbonyl (C=O) groups is 1. The van der Waals surface area contributed by atoms with E-state index in [2.05, 4.69) is 29.4 Å². The summed E-state index contributed by atoms with van der Waals surface area (Å²) in [6.45, 7) is 4.27. The molecule has 0 spiro atoms. The van der Waals surface area contributed by atoms with E-state index in [1.165, 1.54) is 11.3 Å². The van der Waals surface area contributed by atoms with Crippen molar-refractivity contribution < 1.29 is 9.53 Å². The topological polar surface area (TPSA) is 64.1 Å². The Morgan fingerprint density at radius 2 is 1.85 bits per heavy atom. The van der Waals surface area contributed by atoms with E-state index in [0.717, 1.165) is 17.8 Å². The van der Waals surface area contributed by atoms with Gasteiger partial charge < -0.3 is 4.74 Å². The maximum absolute atomic E-state index is 12.7. The van der Waals surface area contributed by atoms with Gasteiger partial charge in [0.1, 0.15) is 16.5 Å². The molecule has 0 fully saturated rings. The second kappa shape index (κ2) is 8.58. The van der Waals surface area contributed by atoms with Crippen LogP contribution in [0.5, 0.6) is 11.5 Å². The molecule has 1 heterocycles. The van der Waals surface area contributed by atoms with Crippen molar-refractivity contribution in [1.29, 1.82) is 0 Å². The summed E-state index contributed by atoms with van der Waals surface area (Å²) in [5, 5.41) is 12.6. The molecule has 1 amide bonds. The second-order valence-electron chi connectivity index (χ2n) is 6.00. The highest BCUT2D eigenvalue weighted by atomic mass is 32.1. The van der Waals surface area contributed by atoms with Crippen molar-refractivity contribution in [3.63, 3.8) is 0 Å². The number of para-hydroxylation sites is 2. The Labute approximate surface area is 157 Å². The van der Waals surface area contributed by atoms with Crippen LogP contribution >= 0.6 is 11.3 Å². The van der Waals surface area contributed by atoms with E-state index in [1.807, 2.05) is 42.5 Å². The van der Waals surface area contributed by atoms with Crippen LogP contribution in [0.15, 0.2) is 54.6 Å². The van der Waals surface area contributed by atoms with Crippen LogP contribution in [0.1, 0.15) is 48.0 Å². The summed E-state index contributed by atoms with van der Waals surface area (Å²) < 4.78 is 5.85. The number of hydrogen-bond donors (Lipinski definition) is 1. The number of hydrogen-bond acceptors (Lipinski definition) is 5. The first kappa shape index (κ1) is 18.1. The summed E-state index contributed by atoms with van der Waals surface area (Å²) in [5.74, 6) is 1.26. The average molecular weight is 367 g/mol. The molecule has 1 atom stereocenters. The standard InChI is InChI=1S/C20H21N3O2S/c1-3-9-14(2)19-22-23-20(26-19)21-18(24)16-12-7-8-13-17(16)25-15-10-5-4-6-11-15/h4-8,10-14H,3,9H2,1-2H3,(H,21,23,24)/t14-/m0/s1. The third-order valence-corrected chi connectivity index (χ3v) is 4.98. The van der Waals surface area contributed by atoms with Gasteiger partial charge in [0.2, 0.25) is 5.13 Å². The monoisotopic (exact) mass is 367 g/mol. The number of nitrogens with one attached hydrogen (secondary N) is 1. The van der Waals surface area contributed by atoms with Gasteiger partial charge in [0.05, 0.1) is 5.56 Å². The maximum Gasteiger partial charge on any atom is 0.261 e. The van der Waals surface area contributed by atoms with Gasteiger partial charge in [-0.1, -0.05) is 61.9 Å². The second-order valence-corrected chi connectivity index (χ2v) is 7.01. The molecule has 3 rings (SSSR count). The summed E-state index contributed by atoms with van der Waals surface area (Å²) in [5.41, 5.74) is 0.453. The Bertz CT molecular complexity index is 864. The molecule has 0 unspecified atom stereocenters. The summed E-state index contributed by atoms with van der Waals surface area (Å²) in [6.07, 6.45) is 2.14. The Morgan fingerprint density at radius 3 is 2.62 bits per heavy atom. The minimum atomic E-state index is -0.262. The van der Waals surface area contributed by atoms with Gasteiger partial charge in [-0.3, -0.25) is 10.1 Å². The Kier molecular flexibility index (Phi) is 5.96. The molecule has 1 N–H and O–H groups in total. The zero-order chi connectivity index (χ0) is 18.4. The van der Waals surface area contributed by atoms with Gasteiger partial charge >= 0.3 is 0 Å². The van der Waals surface area contributed by atoms with Crippen LogP contribution in [0.3, 0.4) is 0 Å². The zero-order valence-electron chi connectivity index (χ0n) is 14.8. The van der Waals surface area contributed by atoms with E-state index >= 15 is 0 Å². The SMILES string of the molecule is CCC[C@H](C)c1nnc(NC(=O)c2ccccc2Oc2ccccc2)s1. The number of benzene rings is 2. The highest BCUT2D eigenvalue weighted by Gasteiger charge is 2.17. The summed E-state index contributed by atoms with van der Waals surface area (Å²) in [4.78, 5) is 12.7. The van der Waals surface area contributed by atoms with Gasteiger partial charge in [-0.05, 0) is 30.7 Å². The lowest BCUT2D eigenvalue weighted by Crippen LogP contribution is -2.12. The fraction of sp³-hybridized carbons (Fsp3) is 0.250. The Morgan fingerprint density at radius 1 is 1.12 bits per heavy atom. The van der Waals surface area contributed by atoms with Gasteiger partial charge in [-0.2, -0.15) is 0 Å². The van der Waals surface area contributed by atoms with Gasteiger partial charge in [0, 0.05) is 5.92 Å². The van der Waals surface area contributed by atoms with Crippen LogP contribution in [0.2, 0.25) is 0 Å². The number of carbonyl (C=O) groups excluding carboxylic acids is 1. The third-order valence-electron chi connectivity index (χ3n) is 3.91. The van der Waals surface area contributed by atoms with Crippen molar-refractivity contribution in [1.82, 2.24) is 10.2 Å². The van der Waals surface area contributed by atoms with E-state index in [0.29, 0.717) is 28.1 Å². The van der Waals surface area contributed by atoms with Crippen LogP contribution in [-0.4, -0.2) is 16.1 Å². The van der Waals surface area contributed by atoms with Crippen LogP contribution in [0.4, 0.5) is 5.13 Å². The van der Waals surface area contributed by atoms with Gasteiger partial charge in [-0.25, -0.2) is 0 Å². The van der Waals surface area contributed by atoms with Gasteiger partial charge in [0.15, 0.2) is 0 Å². The summed E-state index contributed by atoms with van der Waals surface area (Å²) in [7, 11) is 0. The molecule has 6 heteroatoms. The van der Waals surface area contributed by atoms with Crippen molar-refractivity contribution in [2.75, 3.05) is 5.32 Å². The highest BCUT2D eigenvalue weighted by molar-refractivity contribution is 7.15. The molecule has 0 saturated heterocycles. The van der Waals surface area contributed by atoms with Crippen molar-refractivity contribution in [3.8, 4) is 11.5 Å². The fourth-order valence-corrected chi connectivity index (χ4v) is 3.39. The highest BCUT2D eigenvalue weighted by Crippen LogP contribution is 2.28. The molecule has 0 radical (unpaired) electrons. The van der Waals surface area contributed by atoms with Gasteiger partial charge in [-0.15, -0.1) is 10.2 Å². The lowest BCUT2D eigenvalue weighted by Gasteiger charge is -2.10. The third kappa shape index (κ3) is 4.46. The van der Waals surface area contributed by atoms with Crippen LogP contribution in [0.25, 0.3) is 0 Å². The fourth-order valence-electron chi connectivity index (χ4n) is 2.56. The first-order valence-corrected chi connectivity index (χ1v) is 9.45. The van der Waals surface area contributed by atoms with E-state index in [-0.39, 0.29) is 5.91 Å². The van der Waals surface area contributed by atoms with E-state index in [4.69, 9.17) is 4.74 Å². The van der Waals surface area contributed by atoms with Crippen molar-refractivity contribution in [3.05, 3.63) is 65.2 Å². The number of nitrogens with zero attached hydrogens (tertiary/aromatic N) is 2. The lowest BCUT2D eigenvalue weighted by atomic mass is 10.1. The number of anilines is 1. The van der Waals surface area contributed by atoms with Crippen LogP contribution in [-0.2, 0) is 0 Å². The molecule has 3 aromatic rings. The van der Waals surface area contributed by atoms with E-state index < -0.39 is 0 Å². The molecule has 0 saturated carbocycles.